The summed E-state index contributed by atoms with van der Waals surface area (Å²) >= 11 is 1.22. The Kier molecular flexibility index (Phi) is 2.78. The Morgan fingerprint density at radius 3 is 2.00 bits per heavy atom. The van der Waals surface area contributed by atoms with Crippen molar-refractivity contribution >= 4 is 16.7 Å². The number of anilines is 1. The van der Waals surface area contributed by atoms with Gasteiger partial charge in [-0.15, -0.1) is 0 Å². The van der Waals surface area contributed by atoms with Crippen LogP contribution in [0.5, 0.6) is 0 Å². The predicted molar refractivity (Wildman–Crippen MR) is 75.2 cm³/mol. The fourth-order valence-corrected chi connectivity index (χ4v) is 2.25. The highest BCUT2D eigenvalue weighted by atomic mass is 32.1. The average molecular weight is 253 g/mol. The zero-order valence-corrected chi connectivity index (χ0v) is 10.4. The van der Waals surface area contributed by atoms with Crippen LogP contribution in [0.1, 0.15) is 0 Å². The third-order valence-corrected chi connectivity index (χ3v) is 3.23. The summed E-state index contributed by atoms with van der Waals surface area (Å²) in [7, 11) is 0. The molecule has 0 saturated carbocycles. The van der Waals surface area contributed by atoms with Gasteiger partial charge in [0, 0.05) is 17.1 Å². The third-order valence-electron chi connectivity index (χ3n) is 2.69. The molecule has 0 aliphatic carbocycles. The van der Waals surface area contributed by atoms with Gasteiger partial charge < -0.3 is 5.73 Å². The quantitative estimate of drug-likeness (QED) is 0.761. The Bertz CT molecular complexity index is 644. The Hall–Kier alpha value is -2.20. The predicted octanol–water partition coefficient (Wildman–Crippen LogP) is 3.45. The highest BCUT2D eigenvalue weighted by Crippen LogP contribution is 2.24. The highest BCUT2D eigenvalue weighted by Gasteiger charge is 2.04. The van der Waals surface area contributed by atoms with Gasteiger partial charge >= 0.3 is 0 Å². The van der Waals surface area contributed by atoms with E-state index in [4.69, 9.17) is 5.73 Å². The molecule has 18 heavy (non-hydrogen) atoms. The zero-order valence-electron chi connectivity index (χ0n) is 9.58. The molecule has 3 aromatic rings. The first-order valence-corrected chi connectivity index (χ1v) is 6.35. The minimum absolute atomic E-state index is 0.497. The molecule has 1 heterocycles. The maximum absolute atomic E-state index is 5.58. The lowest BCUT2D eigenvalue weighted by Crippen LogP contribution is -1.84. The second-order valence-corrected chi connectivity index (χ2v) is 4.68. The first-order valence-electron chi connectivity index (χ1n) is 5.58. The average Bonchev–Trinajstić information content (AvgIpc) is 2.87. The second kappa shape index (κ2) is 4.58. The van der Waals surface area contributed by atoms with Crippen LogP contribution in [-0.4, -0.2) is 9.36 Å². The molecule has 0 aliphatic rings. The van der Waals surface area contributed by atoms with Gasteiger partial charge in [0.15, 0.2) is 11.0 Å². The van der Waals surface area contributed by atoms with E-state index in [1.54, 1.807) is 0 Å². The summed E-state index contributed by atoms with van der Waals surface area (Å²) in [5, 5.41) is 0.497. The Morgan fingerprint density at radius 1 is 0.778 bits per heavy atom. The van der Waals surface area contributed by atoms with Crippen molar-refractivity contribution in [2.24, 2.45) is 0 Å². The molecule has 0 bridgehead atoms. The number of rotatable bonds is 2. The molecule has 4 heteroatoms. The van der Waals surface area contributed by atoms with E-state index in [9.17, 15) is 0 Å². The van der Waals surface area contributed by atoms with E-state index in [2.05, 4.69) is 33.6 Å². The van der Waals surface area contributed by atoms with Crippen LogP contribution in [0.4, 0.5) is 5.13 Å². The first-order chi connectivity index (χ1) is 8.83. The van der Waals surface area contributed by atoms with Gasteiger partial charge in [0.2, 0.25) is 0 Å². The summed E-state index contributed by atoms with van der Waals surface area (Å²) in [5.74, 6) is 0.692. The molecule has 0 aliphatic heterocycles. The van der Waals surface area contributed by atoms with Gasteiger partial charge in [0.05, 0.1) is 0 Å². The molecule has 2 aromatic carbocycles. The van der Waals surface area contributed by atoms with Gasteiger partial charge in [-0.3, -0.25) is 0 Å². The van der Waals surface area contributed by atoms with Crippen LogP contribution >= 0.6 is 11.5 Å². The fraction of sp³-hybridized carbons (Fsp3) is 0. The molecular formula is C14H11N3S. The van der Waals surface area contributed by atoms with E-state index >= 15 is 0 Å². The van der Waals surface area contributed by atoms with Crippen LogP contribution in [0.25, 0.3) is 22.5 Å². The molecule has 3 rings (SSSR count). The van der Waals surface area contributed by atoms with Crippen LogP contribution in [0.2, 0.25) is 0 Å². The zero-order chi connectivity index (χ0) is 12.4. The summed E-state index contributed by atoms with van der Waals surface area (Å²) < 4.78 is 4.19. The number of hydrogen-bond donors (Lipinski definition) is 1. The lowest BCUT2D eigenvalue weighted by Gasteiger charge is -2.02. The molecule has 0 saturated heterocycles. The van der Waals surface area contributed by atoms with Crippen molar-refractivity contribution in [3.05, 3.63) is 54.6 Å². The maximum atomic E-state index is 5.58. The molecule has 88 valence electrons. The Balaban J connectivity index is 1.94. The molecule has 0 radical (unpaired) electrons. The molecule has 0 amide bonds. The SMILES string of the molecule is Nc1nc(-c2ccc(-c3ccccc3)cc2)ns1. The molecule has 2 N–H and O–H groups in total. The lowest BCUT2D eigenvalue weighted by atomic mass is 10.0. The van der Waals surface area contributed by atoms with Gasteiger partial charge in [0.1, 0.15) is 0 Å². The van der Waals surface area contributed by atoms with Crippen molar-refractivity contribution < 1.29 is 0 Å². The number of hydrogen-bond acceptors (Lipinski definition) is 4. The smallest absolute Gasteiger partial charge is 0.200 e. The molecule has 0 spiro atoms. The van der Waals surface area contributed by atoms with Crippen molar-refractivity contribution in [3.63, 3.8) is 0 Å². The topological polar surface area (TPSA) is 51.8 Å². The first kappa shape index (κ1) is 10.9. The van der Waals surface area contributed by atoms with Gasteiger partial charge in [0.25, 0.3) is 0 Å². The minimum Gasteiger partial charge on any atom is -0.374 e. The van der Waals surface area contributed by atoms with E-state index in [0.29, 0.717) is 11.0 Å². The standard InChI is InChI=1S/C14H11N3S/c15-14-16-13(17-18-14)12-8-6-11(7-9-12)10-4-2-1-3-5-10/h1-9H,(H2,15,16,17). The van der Waals surface area contributed by atoms with Gasteiger partial charge in [-0.05, 0) is 11.1 Å². The summed E-state index contributed by atoms with van der Waals surface area (Å²) in [6.45, 7) is 0. The van der Waals surface area contributed by atoms with Gasteiger partial charge in [-0.1, -0.05) is 54.6 Å². The summed E-state index contributed by atoms with van der Waals surface area (Å²) in [5.41, 5.74) is 8.96. The van der Waals surface area contributed by atoms with Crippen LogP contribution in [0, 0.1) is 0 Å². The number of aromatic nitrogens is 2. The van der Waals surface area contributed by atoms with E-state index in [-0.39, 0.29) is 0 Å². The van der Waals surface area contributed by atoms with Crippen molar-refractivity contribution in [2.45, 2.75) is 0 Å². The molecule has 1 aromatic heterocycles. The summed E-state index contributed by atoms with van der Waals surface area (Å²) in [4.78, 5) is 4.17. The lowest BCUT2D eigenvalue weighted by molar-refractivity contribution is 1.33. The van der Waals surface area contributed by atoms with E-state index in [1.807, 2.05) is 30.3 Å². The highest BCUT2D eigenvalue weighted by molar-refractivity contribution is 7.09. The molecule has 3 nitrogen and oxygen atoms in total. The number of nitrogen functional groups attached to an aromatic ring is 1. The number of nitrogens with zero attached hydrogens (tertiary/aromatic N) is 2. The Labute approximate surface area is 109 Å². The third kappa shape index (κ3) is 2.10. The summed E-state index contributed by atoms with van der Waals surface area (Å²) in [6, 6.07) is 18.4. The second-order valence-electron chi connectivity index (χ2n) is 3.90. The van der Waals surface area contributed by atoms with E-state index in [1.165, 1.54) is 22.7 Å². The largest absolute Gasteiger partial charge is 0.374 e. The van der Waals surface area contributed by atoms with E-state index in [0.717, 1.165) is 5.56 Å². The molecule has 0 unspecified atom stereocenters. The Morgan fingerprint density at radius 2 is 1.39 bits per heavy atom. The fourth-order valence-electron chi connectivity index (χ4n) is 1.79. The van der Waals surface area contributed by atoms with Crippen LogP contribution < -0.4 is 5.73 Å². The van der Waals surface area contributed by atoms with Gasteiger partial charge in [-0.25, -0.2) is 0 Å². The van der Waals surface area contributed by atoms with Crippen molar-refractivity contribution in [2.75, 3.05) is 5.73 Å². The van der Waals surface area contributed by atoms with Gasteiger partial charge in [-0.2, -0.15) is 9.36 Å². The monoisotopic (exact) mass is 253 g/mol. The van der Waals surface area contributed by atoms with Crippen molar-refractivity contribution in [3.8, 4) is 22.5 Å². The van der Waals surface area contributed by atoms with Crippen LogP contribution in [-0.2, 0) is 0 Å². The normalized spacial score (nSPS) is 10.4. The number of benzene rings is 2. The molecule has 0 atom stereocenters. The van der Waals surface area contributed by atoms with Crippen molar-refractivity contribution in [1.82, 2.24) is 9.36 Å². The number of nitrogens with two attached hydrogens (primary N) is 1. The minimum atomic E-state index is 0.497. The van der Waals surface area contributed by atoms with E-state index < -0.39 is 0 Å². The van der Waals surface area contributed by atoms with Crippen LogP contribution in [0.3, 0.4) is 0 Å². The van der Waals surface area contributed by atoms with Crippen LogP contribution in [0.15, 0.2) is 54.6 Å². The summed E-state index contributed by atoms with van der Waals surface area (Å²) in [6.07, 6.45) is 0. The maximum Gasteiger partial charge on any atom is 0.200 e. The molecular weight excluding hydrogens is 242 g/mol. The molecule has 0 fully saturated rings. The van der Waals surface area contributed by atoms with Crippen molar-refractivity contribution in [1.29, 1.82) is 0 Å².